The zero-order valence-corrected chi connectivity index (χ0v) is 15.1. The third-order valence-electron chi connectivity index (χ3n) is 4.04. The van der Waals surface area contributed by atoms with Gasteiger partial charge in [-0.05, 0) is 33.8 Å². The van der Waals surface area contributed by atoms with Crippen LogP contribution in [0, 0.1) is 5.41 Å². The summed E-state index contributed by atoms with van der Waals surface area (Å²) in [5, 5.41) is 0. The van der Waals surface area contributed by atoms with Gasteiger partial charge in [0.15, 0.2) is 0 Å². The van der Waals surface area contributed by atoms with Gasteiger partial charge in [0.1, 0.15) is 5.75 Å². The highest BCUT2D eigenvalue weighted by Gasteiger charge is 2.33. The third kappa shape index (κ3) is 4.78. The van der Waals surface area contributed by atoms with E-state index in [2.05, 4.69) is 39.4 Å². The van der Waals surface area contributed by atoms with Crippen molar-refractivity contribution in [1.82, 2.24) is 4.90 Å². The van der Waals surface area contributed by atoms with Gasteiger partial charge in [-0.15, -0.1) is 12.4 Å². The van der Waals surface area contributed by atoms with Crippen molar-refractivity contribution >= 4 is 28.3 Å². The van der Waals surface area contributed by atoms with Gasteiger partial charge in [-0.2, -0.15) is 8.78 Å². The molecule has 7 heteroatoms. The van der Waals surface area contributed by atoms with Crippen LogP contribution in [-0.4, -0.2) is 30.6 Å². The van der Waals surface area contributed by atoms with E-state index in [1.807, 2.05) is 12.1 Å². The Morgan fingerprint density at radius 1 is 1.45 bits per heavy atom. The molecular formula is C15H22BrClF2N2O. The summed E-state index contributed by atoms with van der Waals surface area (Å²) in [6.45, 7) is 3.74. The maximum absolute atomic E-state index is 12.6. The van der Waals surface area contributed by atoms with Crippen LogP contribution in [0.25, 0.3) is 0 Å². The van der Waals surface area contributed by atoms with Crippen molar-refractivity contribution in [2.75, 3.05) is 13.1 Å². The molecule has 0 aromatic heterocycles. The molecule has 0 spiro atoms. The molecular weight excluding hydrogens is 378 g/mol. The molecule has 1 heterocycles. The van der Waals surface area contributed by atoms with E-state index in [9.17, 15) is 8.78 Å². The van der Waals surface area contributed by atoms with Crippen molar-refractivity contribution in [1.29, 1.82) is 0 Å². The minimum atomic E-state index is -2.83. The Bertz CT molecular complexity index is 502. The quantitative estimate of drug-likeness (QED) is 0.831. The first-order chi connectivity index (χ1) is 9.79. The van der Waals surface area contributed by atoms with Crippen molar-refractivity contribution in [3.8, 4) is 5.75 Å². The number of ether oxygens (including phenoxy) is 1. The van der Waals surface area contributed by atoms with Gasteiger partial charge in [0, 0.05) is 31.2 Å². The van der Waals surface area contributed by atoms with Gasteiger partial charge in [0.2, 0.25) is 0 Å². The Kier molecular flexibility index (Phi) is 7.05. The second-order valence-electron chi connectivity index (χ2n) is 6.20. The van der Waals surface area contributed by atoms with Crippen molar-refractivity contribution < 1.29 is 13.5 Å². The van der Waals surface area contributed by atoms with E-state index in [1.54, 1.807) is 6.07 Å². The van der Waals surface area contributed by atoms with Crippen LogP contribution in [0.2, 0.25) is 0 Å². The minimum Gasteiger partial charge on any atom is -0.433 e. The average molecular weight is 400 g/mol. The molecule has 1 aromatic carbocycles. The van der Waals surface area contributed by atoms with Gasteiger partial charge in [-0.1, -0.05) is 26.0 Å². The molecule has 1 unspecified atom stereocenters. The molecule has 1 aliphatic rings. The normalized spacial score (nSPS) is 21.5. The van der Waals surface area contributed by atoms with E-state index in [4.69, 9.17) is 5.73 Å². The van der Waals surface area contributed by atoms with Gasteiger partial charge < -0.3 is 10.5 Å². The molecule has 0 bridgehead atoms. The molecule has 2 N–H and O–H groups in total. The van der Waals surface area contributed by atoms with Crippen molar-refractivity contribution in [2.45, 2.75) is 39.5 Å². The first-order valence-electron chi connectivity index (χ1n) is 7.00. The molecule has 0 radical (unpaired) electrons. The molecule has 0 aliphatic carbocycles. The van der Waals surface area contributed by atoms with Gasteiger partial charge in [-0.25, -0.2) is 0 Å². The Hall–Kier alpha value is -0.430. The van der Waals surface area contributed by atoms with Crippen LogP contribution in [0.3, 0.4) is 0 Å². The molecule has 22 heavy (non-hydrogen) atoms. The van der Waals surface area contributed by atoms with Crippen LogP contribution in [0.4, 0.5) is 8.78 Å². The first-order valence-corrected chi connectivity index (χ1v) is 7.79. The summed E-state index contributed by atoms with van der Waals surface area (Å²) in [5.41, 5.74) is 6.91. The summed E-state index contributed by atoms with van der Waals surface area (Å²) in [5.74, 6) is 0.222. The second-order valence-corrected chi connectivity index (χ2v) is 7.06. The number of hydrogen-bond donors (Lipinski definition) is 1. The lowest BCUT2D eigenvalue weighted by atomic mass is 9.79. The molecule has 0 saturated carbocycles. The maximum Gasteiger partial charge on any atom is 0.387 e. The van der Waals surface area contributed by atoms with Crippen molar-refractivity contribution in [3.05, 3.63) is 28.2 Å². The summed E-state index contributed by atoms with van der Waals surface area (Å²) < 4.78 is 30.3. The van der Waals surface area contributed by atoms with Crippen LogP contribution in [0.1, 0.15) is 25.8 Å². The monoisotopic (exact) mass is 398 g/mol. The molecule has 126 valence electrons. The van der Waals surface area contributed by atoms with Crippen LogP contribution in [0.15, 0.2) is 22.7 Å². The topological polar surface area (TPSA) is 38.5 Å². The average Bonchev–Trinajstić information content (AvgIpc) is 2.37. The number of alkyl halides is 2. The zero-order valence-electron chi connectivity index (χ0n) is 12.7. The lowest BCUT2D eigenvalue weighted by molar-refractivity contribution is -0.0515. The molecule has 1 aliphatic heterocycles. The fourth-order valence-corrected chi connectivity index (χ4v) is 3.26. The van der Waals surface area contributed by atoms with Gasteiger partial charge in [-0.3, -0.25) is 4.90 Å². The predicted molar refractivity (Wildman–Crippen MR) is 89.7 cm³/mol. The van der Waals surface area contributed by atoms with Crippen LogP contribution in [-0.2, 0) is 6.54 Å². The molecule has 1 saturated heterocycles. The Morgan fingerprint density at radius 2 is 2.14 bits per heavy atom. The minimum absolute atomic E-state index is 0. The molecule has 1 aromatic rings. The van der Waals surface area contributed by atoms with Gasteiger partial charge in [0.25, 0.3) is 0 Å². The van der Waals surface area contributed by atoms with Crippen LogP contribution < -0.4 is 10.5 Å². The SMILES string of the molecule is CC1(C)CN(Cc2cccc(Br)c2OC(F)F)CCC1N.Cl. The van der Waals surface area contributed by atoms with E-state index in [-0.39, 0.29) is 29.6 Å². The molecule has 1 atom stereocenters. The molecule has 1 fully saturated rings. The number of hydrogen-bond acceptors (Lipinski definition) is 3. The van der Waals surface area contributed by atoms with Crippen LogP contribution >= 0.6 is 28.3 Å². The summed E-state index contributed by atoms with van der Waals surface area (Å²) >= 11 is 3.28. The van der Waals surface area contributed by atoms with E-state index in [0.717, 1.165) is 25.1 Å². The summed E-state index contributed by atoms with van der Waals surface area (Å²) in [7, 11) is 0. The summed E-state index contributed by atoms with van der Waals surface area (Å²) in [6.07, 6.45) is 0.909. The highest BCUT2D eigenvalue weighted by atomic mass is 79.9. The fourth-order valence-electron chi connectivity index (χ4n) is 2.76. The number of nitrogens with two attached hydrogens (primary N) is 1. The number of benzene rings is 1. The maximum atomic E-state index is 12.6. The molecule has 2 rings (SSSR count). The smallest absolute Gasteiger partial charge is 0.387 e. The lowest BCUT2D eigenvalue weighted by Gasteiger charge is -2.42. The van der Waals surface area contributed by atoms with E-state index in [1.165, 1.54) is 0 Å². The van der Waals surface area contributed by atoms with Gasteiger partial charge >= 0.3 is 6.61 Å². The van der Waals surface area contributed by atoms with Gasteiger partial charge in [0.05, 0.1) is 4.47 Å². The fraction of sp³-hybridized carbons (Fsp3) is 0.600. The number of para-hydroxylation sites is 1. The number of likely N-dealkylation sites (tertiary alicyclic amines) is 1. The largest absolute Gasteiger partial charge is 0.433 e. The number of rotatable bonds is 4. The van der Waals surface area contributed by atoms with Crippen molar-refractivity contribution in [3.63, 3.8) is 0 Å². The third-order valence-corrected chi connectivity index (χ3v) is 4.67. The standard InChI is InChI=1S/C15H21BrF2N2O.ClH/c1-15(2)9-20(7-6-12(15)19)8-10-4-3-5-11(16)13(10)21-14(17)18;/h3-5,12,14H,6-9,19H2,1-2H3;1H. The lowest BCUT2D eigenvalue weighted by Crippen LogP contribution is -2.52. The summed E-state index contributed by atoms with van der Waals surface area (Å²) in [6, 6.07) is 5.54. The highest BCUT2D eigenvalue weighted by molar-refractivity contribution is 9.10. The van der Waals surface area contributed by atoms with E-state index in [0.29, 0.717) is 11.0 Å². The zero-order chi connectivity index (χ0) is 15.6. The number of halogens is 4. The Morgan fingerprint density at radius 3 is 2.73 bits per heavy atom. The first kappa shape index (κ1) is 19.6. The highest BCUT2D eigenvalue weighted by Crippen LogP contribution is 2.34. The van der Waals surface area contributed by atoms with Crippen LogP contribution in [0.5, 0.6) is 5.75 Å². The number of piperidine rings is 1. The number of nitrogens with zero attached hydrogens (tertiary/aromatic N) is 1. The predicted octanol–water partition coefficient (Wildman–Crippen LogP) is 4.03. The molecule has 0 amide bonds. The summed E-state index contributed by atoms with van der Waals surface area (Å²) in [4.78, 5) is 2.24. The van der Waals surface area contributed by atoms with Crippen molar-refractivity contribution in [2.24, 2.45) is 11.1 Å². The Labute approximate surface area is 144 Å². The van der Waals surface area contributed by atoms with E-state index < -0.39 is 6.61 Å². The molecule has 3 nitrogen and oxygen atoms in total. The Balaban J connectivity index is 0.00000242. The van der Waals surface area contributed by atoms with E-state index >= 15 is 0 Å². The second kappa shape index (κ2) is 7.90.